The fourth-order valence-corrected chi connectivity index (χ4v) is 1.61. The smallest absolute Gasteiger partial charge is 0.314 e. The van der Waals surface area contributed by atoms with Gasteiger partial charge in [-0.15, -0.1) is 0 Å². The first-order valence-electron chi connectivity index (χ1n) is 6.10. The van der Waals surface area contributed by atoms with Gasteiger partial charge in [-0.05, 0) is 36.5 Å². The van der Waals surface area contributed by atoms with Crippen LogP contribution in [-0.4, -0.2) is 24.2 Å². The Labute approximate surface area is 105 Å². The molecule has 1 aliphatic rings. The third kappa shape index (κ3) is 4.00. The lowest BCUT2D eigenvalue weighted by molar-refractivity contribution is 0.173. The van der Waals surface area contributed by atoms with Crippen LogP contribution < -0.4 is 10.6 Å². The lowest BCUT2D eigenvalue weighted by Gasteiger charge is -2.12. The Morgan fingerprint density at radius 2 is 2.00 bits per heavy atom. The first-order chi connectivity index (χ1) is 8.65. The van der Waals surface area contributed by atoms with Gasteiger partial charge in [-0.1, -0.05) is 12.1 Å². The van der Waals surface area contributed by atoms with Crippen molar-refractivity contribution in [3.63, 3.8) is 0 Å². The molecule has 0 radical (unpaired) electrons. The van der Waals surface area contributed by atoms with Crippen LogP contribution in [0.2, 0.25) is 0 Å². The molecule has 2 amide bonds. The highest BCUT2D eigenvalue weighted by Crippen LogP contribution is 2.27. The van der Waals surface area contributed by atoms with E-state index >= 15 is 0 Å². The molecule has 1 aromatic carbocycles. The predicted octanol–water partition coefficient (Wildman–Crippen LogP) is 1.57. The van der Waals surface area contributed by atoms with Crippen LogP contribution in [0, 0.1) is 11.7 Å². The number of carbonyl (C=O) groups is 1. The fraction of sp³-hybridized carbons (Fsp3) is 0.462. The number of nitrogens with one attached hydrogen (secondary N) is 2. The summed E-state index contributed by atoms with van der Waals surface area (Å²) in [4.78, 5) is 11.4. The van der Waals surface area contributed by atoms with E-state index in [1.54, 1.807) is 0 Å². The molecular weight excluding hydrogens is 235 g/mol. The van der Waals surface area contributed by atoms with Crippen molar-refractivity contribution < 1.29 is 14.3 Å². The molecule has 1 atom stereocenters. The van der Waals surface area contributed by atoms with Crippen LogP contribution in [0.5, 0.6) is 0 Å². The molecule has 4 nitrogen and oxygen atoms in total. The Bertz CT molecular complexity index is 404. The Hall–Kier alpha value is -1.62. The van der Waals surface area contributed by atoms with Crippen LogP contribution in [0.15, 0.2) is 24.3 Å². The molecule has 0 bridgehead atoms. The van der Waals surface area contributed by atoms with Crippen LogP contribution in [0.1, 0.15) is 24.5 Å². The lowest BCUT2D eigenvalue weighted by atomic mass is 10.1. The van der Waals surface area contributed by atoms with Crippen molar-refractivity contribution in [1.82, 2.24) is 10.6 Å². The van der Waals surface area contributed by atoms with Gasteiger partial charge in [0.05, 0.1) is 6.10 Å². The molecule has 5 heteroatoms. The summed E-state index contributed by atoms with van der Waals surface area (Å²) < 4.78 is 12.7. The summed E-state index contributed by atoms with van der Waals surface area (Å²) in [5.41, 5.74) is 0.582. The second-order valence-electron chi connectivity index (χ2n) is 4.60. The molecule has 98 valence electrons. The van der Waals surface area contributed by atoms with Gasteiger partial charge in [-0.2, -0.15) is 0 Å². The molecule has 0 saturated heterocycles. The minimum atomic E-state index is -0.822. The van der Waals surface area contributed by atoms with Gasteiger partial charge < -0.3 is 15.7 Å². The predicted molar refractivity (Wildman–Crippen MR) is 65.5 cm³/mol. The second-order valence-corrected chi connectivity index (χ2v) is 4.60. The molecular formula is C13H17FN2O2. The maximum atomic E-state index is 12.7. The molecule has 0 spiro atoms. The molecule has 1 fully saturated rings. The van der Waals surface area contributed by atoms with Gasteiger partial charge in [-0.3, -0.25) is 0 Å². The molecule has 0 aromatic heterocycles. The van der Waals surface area contributed by atoms with Crippen molar-refractivity contribution >= 4 is 6.03 Å². The van der Waals surface area contributed by atoms with Crippen molar-refractivity contribution in [2.75, 3.05) is 13.1 Å². The minimum absolute atomic E-state index is 0.113. The average molecular weight is 252 g/mol. The maximum absolute atomic E-state index is 12.7. The molecule has 2 rings (SSSR count). The summed E-state index contributed by atoms with van der Waals surface area (Å²) in [6.45, 7) is 0.806. The maximum Gasteiger partial charge on any atom is 0.314 e. The topological polar surface area (TPSA) is 61.4 Å². The minimum Gasteiger partial charge on any atom is -0.387 e. The van der Waals surface area contributed by atoms with Gasteiger partial charge >= 0.3 is 6.03 Å². The molecule has 18 heavy (non-hydrogen) atoms. The summed E-state index contributed by atoms with van der Waals surface area (Å²) in [7, 11) is 0. The number of benzene rings is 1. The van der Waals surface area contributed by atoms with E-state index in [-0.39, 0.29) is 18.4 Å². The number of amides is 2. The van der Waals surface area contributed by atoms with Crippen LogP contribution >= 0.6 is 0 Å². The zero-order valence-electron chi connectivity index (χ0n) is 10.0. The van der Waals surface area contributed by atoms with Crippen LogP contribution in [-0.2, 0) is 0 Å². The van der Waals surface area contributed by atoms with E-state index in [1.165, 1.54) is 37.1 Å². The van der Waals surface area contributed by atoms with Gasteiger partial charge in [0.25, 0.3) is 0 Å². The van der Waals surface area contributed by atoms with E-state index in [0.717, 1.165) is 0 Å². The van der Waals surface area contributed by atoms with Crippen LogP contribution in [0.3, 0.4) is 0 Å². The van der Waals surface area contributed by atoms with Gasteiger partial charge in [-0.25, -0.2) is 9.18 Å². The molecule has 0 aliphatic heterocycles. The van der Waals surface area contributed by atoms with E-state index in [1.807, 2.05) is 0 Å². The number of urea groups is 1. The zero-order chi connectivity index (χ0) is 13.0. The number of aliphatic hydroxyl groups excluding tert-OH is 1. The number of hydrogen-bond acceptors (Lipinski definition) is 2. The van der Waals surface area contributed by atoms with Crippen molar-refractivity contribution in [3.05, 3.63) is 35.6 Å². The highest BCUT2D eigenvalue weighted by molar-refractivity contribution is 5.73. The van der Waals surface area contributed by atoms with Gasteiger partial charge in [0.15, 0.2) is 0 Å². The summed E-state index contributed by atoms with van der Waals surface area (Å²) in [5.74, 6) is 0.277. The third-order valence-electron chi connectivity index (χ3n) is 2.96. The average Bonchev–Trinajstić information content (AvgIpc) is 3.18. The molecule has 1 saturated carbocycles. The number of aliphatic hydroxyl groups is 1. The van der Waals surface area contributed by atoms with E-state index in [9.17, 15) is 14.3 Å². The first kappa shape index (κ1) is 12.8. The lowest BCUT2D eigenvalue weighted by Crippen LogP contribution is -2.38. The summed E-state index contributed by atoms with van der Waals surface area (Å²) in [6, 6.07) is 5.30. The SMILES string of the molecule is O=C(NCC1CC1)NCC(O)c1ccc(F)cc1. The Balaban J connectivity index is 1.71. The zero-order valence-corrected chi connectivity index (χ0v) is 10.0. The largest absolute Gasteiger partial charge is 0.387 e. The molecule has 3 N–H and O–H groups in total. The number of hydrogen-bond donors (Lipinski definition) is 3. The number of rotatable bonds is 5. The number of carbonyl (C=O) groups excluding carboxylic acids is 1. The third-order valence-corrected chi connectivity index (χ3v) is 2.96. The van der Waals surface area contributed by atoms with E-state index in [2.05, 4.69) is 10.6 Å². The summed E-state index contributed by atoms with van der Waals surface area (Å²) >= 11 is 0. The highest BCUT2D eigenvalue weighted by Gasteiger charge is 2.21. The van der Waals surface area contributed by atoms with Crippen LogP contribution in [0.4, 0.5) is 9.18 Å². The Kier molecular flexibility index (Phi) is 4.15. The van der Waals surface area contributed by atoms with E-state index < -0.39 is 6.10 Å². The monoisotopic (exact) mass is 252 g/mol. The normalized spacial score (nSPS) is 16.1. The van der Waals surface area contributed by atoms with Crippen LogP contribution in [0.25, 0.3) is 0 Å². The van der Waals surface area contributed by atoms with Crippen molar-refractivity contribution in [2.24, 2.45) is 5.92 Å². The van der Waals surface area contributed by atoms with E-state index in [4.69, 9.17) is 0 Å². The summed E-state index contributed by atoms with van der Waals surface area (Å²) in [5, 5.41) is 15.1. The van der Waals surface area contributed by atoms with Crippen molar-refractivity contribution in [2.45, 2.75) is 18.9 Å². The van der Waals surface area contributed by atoms with Gasteiger partial charge in [0.2, 0.25) is 0 Å². The highest BCUT2D eigenvalue weighted by atomic mass is 19.1. The second kappa shape index (κ2) is 5.82. The molecule has 1 aromatic rings. The Morgan fingerprint density at radius 3 is 2.61 bits per heavy atom. The van der Waals surface area contributed by atoms with Gasteiger partial charge in [0.1, 0.15) is 5.82 Å². The van der Waals surface area contributed by atoms with E-state index in [0.29, 0.717) is 18.0 Å². The summed E-state index contributed by atoms with van der Waals surface area (Å²) in [6.07, 6.45) is 1.54. The molecule has 1 unspecified atom stereocenters. The molecule has 0 heterocycles. The quantitative estimate of drug-likeness (QED) is 0.745. The van der Waals surface area contributed by atoms with Gasteiger partial charge in [0, 0.05) is 13.1 Å². The first-order valence-corrected chi connectivity index (χ1v) is 6.10. The standard InChI is InChI=1S/C13H17FN2O2/c14-11-5-3-10(4-6-11)12(17)8-16-13(18)15-7-9-1-2-9/h3-6,9,12,17H,1-2,7-8H2,(H2,15,16,18). The number of halogens is 1. The fourth-order valence-electron chi connectivity index (χ4n) is 1.61. The molecule has 1 aliphatic carbocycles. The van der Waals surface area contributed by atoms with Crippen molar-refractivity contribution in [1.29, 1.82) is 0 Å². The Morgan fingerprint density at radius 1 is 1.33 bits per heavy atom. The van der Waals surface area contributed by atoms with Crippen molar-refractivity contribution in [3.8, 4) is 0 Å².